The van der Waals surface area contributed by atoms with E-state index in [1.807, 2.05) is 7.05 Å². The van der Waals surface area contributed by atoms with Crippen LogP contribution in [0.15, 0.2) is 47.6 Å². The predicted octanol–water partition coefficient (Wildman–Crippen LogP) is 3.38. The maximum atomic E-state index is 4.44. The molecule has 2 aromatic rings. The molecule has 0 radical (unpaired) electrons. The fraction of sp³-hybridized carbons (Fsp3) is 0.421. The molecule has 1 aromatic carbocycles. The lowest BCUT2D eigenvalue weighted by Crippen LogP contribution is -2.40. The van der Waals surface area contributed by atoms with Crippen molar-refractivity contribution in [1.29, 1.82) is 0 Å². The summed E-state index contributed by atoms with van der Waals surface area (Å²) in [4.78, 5) is 6.61. The third-order valence-corrected chi connectivity index (χ3v) is 4.79. The lowest BCUT2D eigenvalue weighted by atomic mass is 10.0. The highest BCUT2D eigenvalue weighted by molar-refractivity contribution is 14.0. The number of nitrogens with zero attached hydrogens (tertiary/aromatic N) is 3. The highest BCUT2D eigenvalue weighted by atomic mass is 127. The van der Waals surface area contributed by atoms with Gasteiger partial charge in [-0.2, -0.15) is 0 Å². The van der Waals surface area contributed by atoms with Gasteiger partial charge in [-0.1, -0.05) is 24.3 Å². The van der Waals surface area contributed by atoms with E-state index < -0.39 is 0 Å². The Bertz CT molecular complexity index is 692. The fourth-order valence-electron chi connectivity index (χ4n) is 3.44. The first-order valence-electron chi connectivity index (χ1n) is 8.29. The highest BCUT2D eigenvalue weighted by Gasteiger charge is 2.22. The number of halogens is 1. The summed E-state index contributed by atoms with van der Waals surface area (Å²) in [6.07, 6.45) is 4.50. The number of guanidine groups is 1. The molecule has 0 spiro atoms. The predicted molar refractivity (Wildman–Crippen MR) is 111 cm³/mol. The van der Waals surface area contributed by atoms with Gasteiger partial charge in [0.05, 0.1) is 6.54 Å². The number of hydrogen-bond acceptors (Lipinski definition) is 1. The molecular weight excluding hydrogens is 411 g/mol. The van der Waals surface area contributed by atoms with Gasteiger partial charge in [-0.15, -0.1) is 24.0 Å². The number of fused-ring (bicyclic) bond motifs is 1. The molecule has 5 heteroatoms. The molecule has 1 heterocycles. The molecule has 0 fully saturated rings. The molecule has 1 aromatic heterocycles. The summed E-state index contributed by atoms with van der Waals surface area (Å²) in [5, 5.41) is 3.55. The quantitative estimate of drug-likeness (QED) is 0.451. The van der Waals surface area contributed by atoms with Crippen molar-refractivity contribution in [3.05, 3.63) is 59.4 Å². The van der Waals surface area contributed by atoms with Crippen LogP contribution in [0.4, 0.5) is 0 Å². The molecule has 4 nitrogen and oxygen atoms in total. The minimum atomic E-state index is 0. The van der Waals surface area contributed by atoms with E-state index in [1.165, 1.54) is 29.7 Å². The highest BCUT2D eigenvalue weighted by Crippen LogP contribution is 2.32. The van der Waals surface area contributed by atoms with E-state index in [1.54, 1.807) is 0 Å². The van der Waals surface area contributed by atoms with Gasteiger partial charge in [0.15, 0.2) is 5.96 Å². The van der Waals surface area contributed by atoms with E-state index in [9.17, 15) is 0 Å². The normalized spacial score (nSPS) is 16.5. The first kappa shape index (κ1) is 18.8. The van der Waals surface area contributed by atoms with Crippen LogP contribution >= 0.6 is 24.0 Å². The van der Waals surface area contributed by atoms with Gasteiger partial charge < -0.3 is 14.8 Å². The van der Waals surface area contributed by atoms with E-state index >= 15 is 0 Å². The Morgan fingerprint density at radius 2 is 2.08 bits per heavy atom. The summed E-state index contributed by atoms with van der Waals surface area (Å²) in [7, 11) is 6.02. The van der Waals surface area contributed by atoms with Gasteiger partial charge in [0.1, 0.15) is 0 Å². The molecule has 3 rings (SSSR count). The Kier molecular flexibility index (Phi) is 6.71. The summed E-state index contributed by atoms with van der Waals surface area (Å²) in [6, 6.07) is 13.0. The van der Waals surface area contributed by atoms with Crippen LogP contribution in [0.3, 0.4) is 0 Å². The number of rotatable bonds is 4. The zero-order chi connectivity index (χ0) is 16.2. The molecule has 0 amide bonds. The zero-order valence-electron chi connectivity index (χ0n) is 14.7. The van der Waals surface area contributed by atoms with Crippen LogP contribution in [0.25, 0.3) is 0 Å². The van der Waals surface area contributed by atoms with Crippen LogP contribution in [0.1, 0.15) is 29.2 Å². The van der Waals surface area contributed by atoms with Gasteiger partial charge >= 0.3 is 0 Å². The second-order valence-electron chi connectivity index (χ2n) is 6.33. The minimum Gasteiger partial charge on any atom is -0.356 e. The van der Waals surface area contributed by atoms with Gasteiger partial charge in [-0.25, -0.2) is 0 Å². The van der Waals surface area contributed by atoms with Crippen molar-refractivity contribution in [3.8, 4) is 0 Å². The van der Waals surface area contributed by atoms with Crippen molar-refractivity contribution in [1.82, 2.24) is 14.8 Å². The Balaban J connectivity index is 0.00000208. The van der Waals surface area contributed by atoms with Crippen molar-refractivity contribution in [2.24, 2.45) is 12.0 Å². The van der Waals surface area contributed by atoms with Crippen molar-refractivity contribution < 1.29 is 0 Å². The molecule has 0 aliphatic heterocycles. The summed E-state index contributed by atoms with van der Waals surface area (Å²) >= 11 is 0. The fourth-order valence-corrected chi connectivity index (χ4v) is 3.44. The van der Waals surface area contributed by atoms with Gasteiger partial charge in [0.2, 0.25) is 0 Å². The summed E-state index contributed by atoms with van der Waals surface area (Å²) in [5.74, 6) is 1.54. The molecule has 0 saturated carbocycles. The lowest BCUT2D eigenvalue weighted by molar-refractivity contribution is 0.457. The van der Waals surface area contributed by atoms with Crippen LogP contribution in [-0.4, -0.2) is 36.1 Å². The van der Waals surface area contributed by atoms with Crippen molar-refractivity contribution in [2.45, 2.75) is 25.3 Å². The molecule has 1 N–H and O–H groups in total. The molecule has 1 atom stereocenters. The van der Waals surface area contributed by atoms with E-state index in [4.69, 9.17) is 0 Å². The molecule has 130 valence electrons. The van der Waals surface area contributed by atoms with Crippen molar-refractivity contribution >= 4 is 29.9 Å². The molecule has 0 bridgehead atoms. The molecule has 24 heavy (non-hydrogen) atoms. The number of nitrogens with one attached hydrogen (secondary N) is 1. The van der Waals surface area contributed by atoms with Crippen LogP contribution in [-0.2, 0) is 20.0 Å². The molecule has 1 aliphatic rings. The average Bonchev–Trinajstić information content (AvgIpc) is 3.15. The van der Waals surface area contributed by atoms with Gasteiger partial charge in [-0.05, 0) is 36.1 Å². The van der Waals surface area contributed by atoms with E-state index in [-0.39, 0.29) is 24.0 Å². The Hall–Kier alpha value is -1.50. The van der Waals surface area contributed by atoms with E-state index in [0.29, 0.717) is 5.92 Å². The number of aromatic nitrogens is 1. The van der Waals surface area contributed by atoms with Gasteiger partial charge in [-0.3, -0.25) is 4.99 Å². The largest absolute Gasteiger partial charge is 0.356 e. The Morgan fingerprint density at radius 3 is 2.79 bits per heavy atom. The average molecular weight is 438 g/mol. The Labute approximate surface area is 162 Å². The van der Waals surface area contributed by atoms with Gasteiger partial charge in [0, 0.05) is 45.5 Å². The topological polar surface area (TPSA) is 32.6 Å². The number of aliphatic imine (C=N–C) groups is 1. The van der Waals surface area contributed by atoms with Crippen LogP contribution in [0.5, 0.6) is 0 Å². The molecule has 1 unspecified atom stereocenters. The SMILES string of the molecule is CN=C(NCC1CCc2ccccc21)N(C)Cc1cccn1C.I. The number of aryl methyl sites for hydroxylation is 2. The van der Waals surface area contributed by atoms with Crippen molar-refractivity contribution in [3.63, 3.8) is 0 Å². The first-order chi connectivity index (χ1) is 11.2. The second-order valence-corrected chi connectivity index (χ2v) is 6.33. The number of benzene rings is 1. The molecule has 0 saturated heterocycles. The molecule has 1 aliphatic carbocycles. The summed E-state index contributed by atoms with van der Waals surface area (Å²) < 4.78 is 2.15. The standard InChI is InChI=1S/C19H26N4.HI/c1-20-19(23(3)14-17-8-6-12-22(17)2)21-13-16-11-10-15-7-4-5-9-18(15)16;/h4-9,12,16H,10-11,13-14H2,1-3H3,(H,20,21);1H. The van der Waals surface area contributed by atoms with Gasteiger partial charge in [0.25, 0.3) is 0 Å². The van der Waals surface area contributed by atoms with Crippen LogP contribution in [0.2, 0.25) is 0 Å². The molecular formula is C19H27IN4. The maximum Gasteiger partial charge on any atom is 0.193 e. The third-order valence-electron chi connectivity index (χ3n) is 4.79. The van der Waals surface area contributed by atoms with Crippen LogP contribution < -0.4 is 5.32 Å². The smallest absolute Gasteiger partial charge is 0.193 e. The van der Waals surface area contributed by atoms with E-state index in [0.717, 1.165) is 19.0 Å². The zero-order valence-corrected chi connectivity index (χ0v) is 17.0. The monoisotopic (exact) mass is 438 g/mol. The van der Waals surface area contributed by atoms with E-state index in [2.05, 4.69) is 76.5 Å². The third kappa shape index (κ3) is 4.12. The first-order valence-corrected chi connectivity index (χ1v) is 8.29. The maximum absolute atomic E-state index is 4.44. The number of hydrogen-bond donors (Lipinski definition) is 1. The van der Waals surface area contributed by atoms with Crippen LogP contribution in [0, 0.1) is 0 Å². The summed E-state index contributed by atoms with van der Waals surface area (Å²) in [6.45, 7) is 1.80. The lowest BCUT2D eigenvalue weighted by Gasteiger charge is -2.24. The Morgan fingerprint density at radius 1 is 1.29 bits per heavy atom. The van der Waals surface area contributed by atoms with Crippen molar-refractivity contribution in [2.75, 3.05) is 20.6 Å². The minimum absolute atomic E-state index is 0. The summed E-state index contributed by atoms with van der Waals surface area (Å²) in [5.41, 5.74) is 4.29. The second kappa shape index (κ2) is 8.55.